The molecular formula is C14H12F3NO3. The van der Waals surface area contributed by atoms with Gasteiger partial charge in [0.2, 0.25) is 5.76 Å². The monoisotopic (exact) mass is 299 g/mol. The second-order valence-corrected chi connectivity index (χ2v) is 4.30. The summed E-state index contributed by atoms with van der Waals surface area (Å²) in [7, 11) is 1.20. The minimum absolute atomic E-state index is 0.0267. The highest BCUT2D eigenvalue weighted by atomic mass is 19.1. The highest BCUT2D eigenvalue weighted by molar-refractivity contribution is 5.86. The number of ether oxygens (including phenoxy) is 1. The van der Waals surface area contributed by atoms with Crippen LogP contribution in [0, 0.1) is 17.5 Å². The number of hydrogen-bond acceptors (Lipinski definition) is 4. The number of methoxy groups -OCH3 is 1. The minimum atomic E-state index is -1.06. The van der Waals surface area contributed by atoms with Gasteiger partial charge < -0.3 is 14.5 Å². The van der Waals surface area contributed by atoms with Crippen molar-refractivity contribution in [2.24, 2.45) is 0 Å². The Balaban J connectivity index is 2.20. The Kier molecular flexibility index (Phi) is 4.21. The molecule has 0 fully saturated rings. The zero-order valence-corrected chi connectivity index (χ0v) is 11.2. The summed E-state index contributed by atoms with van der Waals surface area (Å²) in [6.07, 6.45) is 0. The van der Waals surface area contributed by atoms with Crippen LogP contribution in [0.3, 0.4) is 0 Å². The molecule has 0 saturated carbocycles. The van der Waals surface area contributed by atoms with Crippen LogP contribution in [0.4, 0.5) is 18.9 Å². The molecule has 0 bridgehead atoms. The molecular weight excluding hydrogens is 287 g/mol. The third-order valence-corrected chi connectivity index (χ3v) is 2.81. The third-order valence-electron chi connectivity index (χ3n) is 2.81. The first-order valence-corrected chi connectivity index (χ1v) is 6.01. The molecule has 2 rings (SSSR count). The number of esters is 1. The summed E-state index contributed by atoms with van der Waals surface area (Å²) < 4.78 is 49.6. The molecule has 0 amide bonds. The second-order valence-electron chi connectivity index (χ2n) is 4.30. The molecule has 0 aliphatic rings. The van der Waals surface area contributed by atoms with Crippen LogP contribution >= 0.6 is 0 Å². The number of nitrogens with one attached hydrogen (secondary N) is 1. The molecule has 1 aromatic carbocycles. The Bertz CT molecular complexity index is 646. The van der Waals surface area contributed by atoms with Crippen molar-refractivity contribution in [3.8, 4) is 0 Å². The lowest BCUT2D eigenvalue weighted by Crippen LogP contribution is -2.09. The number of benzene rings is 1. The van der Waals surface area contributed by atoms with E-state index in [-0.39, 0.29) is 11.5 Å². The van der Waals surface area contributed by atoms with Crippen LogP contribution in [-0.4, -0.2) is 13.1 Å². The highest BCUT2D eigenvalue weighted by Gasteiger charge is 2.18. The molecule has 21 heavy (non-hydrogen) atoms. The van der Waals surface area contributed by atoms with Crippen LogP contribution in [0.15, 0.2) is 28.7 Å². The smallest absolute Gasteiger partial charge is 0.373 e. The Labute approximate surface area is 118 Å². The van der Waals surface area contributed by atoms with Gasteiger partial charge in [0, 0.05) is 12.1 Å². The van der Waals surface area contributed by atoms with E-state index in [1.807, 2.05) is 0 Å². The lowest BCUT2D eigenvalue weighted by atomic mass is 10.2. The topological polar surface area (TPSA) is 51.5 Å². The quantitative estimate of drug-likeness (QED) is 0.875. The summed E-state index contributed by atoms with van der Waals surface area (Å²) in [6.45, 7) is 1.57. The summed E-state index contributed by atoms with van der Waals surface area (Å²) in [4.78, 5) is 11.3. The molecule has 0 aliphatic carbocycles. The van der Waals surface area contributed by atoms with E-state index in [0.29, 0.717) is 12.1 Å². The maximum atomic E-state index is 13.5. The fraction of sp³-hybridized carbons (Fsp3) is 0.214. The van der Waals surface area contributed by atoms with Crippen molar-refractivity contribution in [1.29, 1.82) is 0 Å². The van der Waals surface area contributed by atoms with E-state index in [9.17, 15) is 18.0 Å². The normalized spacial score (nSPS) is 12.0. The second kappa shape index (κ2) is 5.90. The van der Waals surface area contributed by atoms with Gasteiger partial charge in [-0.25, -0.2) is 18.0 Å². The molecule has 1 aromatic heterocycles. The standard InChI is InChI=1S/C14H12F3NO3/c1-7(11-3-4-12(21-11)14(19)20-2)18-13-9(16)5-8(15)6-10(13)17/h3-7,18H,1-2H3. The van der Waals surface area contributed by atoms with Crippen LogP contribution in [0.5, 0.6) is 0 Å². The van der Waals surface area contributed by atoms with Gasteiger partial charge >= 0.3 is 5.97 Å². The maximum absolute atomic E-state index is 13.5. The highest BCUT2D eigenvalue weighted by Crippen LogP contribution is 2.26. The molecule has 1 heterocycles. The van der Waals surface area contributed by atoms with Crippen molar-refractivity contribution >= 4 is 11.7 Å². The number of furan rings is 1. The molecule has 0 spiro atoms. The fourth-order valence-corrected chi connectivity index (χ4v) is 1.76. The molecule has 0 saturated heterocycles. The Morgan fingerprint density at radius 1 is 1.24 bits per heavy atom. The molecule has 4 nitrogen and oxygen atoms in total. The number of carbonyl (C=O) groups excluding carboxylic acids is 1. The van der Waals surface area contributed by atoms with E-state index < -0.39 is 35.2 Å². The van der Waals surface area contributed by atoms with Gasteiger partial charge in [0.1, 0.15) is 17.3 Å². The average molecular weight is 299 g/mol. The largest absolute Gasteiger partial charge is 0.463 e. The van der Waals surface area contributed by atoms with Crippen LogP contribution in [0.2, 0.25) is 0 Å². The van der Waals surface area contributed by atoms with Gasteiger partial charge in [-0.1, -0.05) is 0 Å². The predicted molar refractivity (Wildman–Crippen MR) is 68.4 cm³/mol. The summed E-state index contributed by atoms with van der Waals surface area (Å²) in [5, 5.41) is 2.53. The van der Waals surface area contributed by atoms with E-state index in [4.69, 9.17) is 4.42 Å². The zero-order valence-electron chi connectivity index (χ0n) is 11.2. The number of hydrogen-bond donors (Lipinski definition) is 1. The lowest BCUT2D eigenvalue weighted by molar-refractivity contribution is 0.0562. The Morgan fingerprint density at radius 3 is 2.43 bits per heavy atom. The number of halogens is 3. The number of carbonyl (C=O) groups is 1. The maximum Gasteiger partial charge on any atom is 0.373 e. The van der Waals surface area contributed by atoms with Crippen LogP contribution in [-0.2, 0) is 4.74 Å². The van der Waals surface area contributed by atoms with Crippen LogP contribution < -0.4 is 5.32 Å². The summed E-state index contributed by atoms with van der Waals surface area (Å²) in [5.74, 6) is -3.53. The van der Waals surface area contributed by atoms with Crippen molar-refractivity contribution in [3.05, 3.63) is 53.2 Å². The molecule has 1 N–H and O–H groups in total. The first-order chi connectivity index (χ1) is 9.92. The van der Waals surface area contributed by atoms with Crippen LogP contribution in [0.25, 0.3) is 0 Å². The lowest BCUT2D eigenvalue weighted by Gasteiger charge is -2.14. The third kappa shape index (κ3) is 3.18. The van der Waals surface area contributed by atoms with Gasteiger partial charge in [0.05, 0.1) is 13.2 Å². The minimum Gasteiger partial charge on any atom is -0.463 e. The molecule has 0 radical (unpaired) electrons. The van der Waals surface area contributed by atoms with E-state index >= 15 is 0 Å². The van der Waals surface area contributed by atoms with E-state index in [2.05, 4.69) is 10.1 Å². The van der Waals surface area contributed by atoms with Crippen molar-refractivity contribution in [1.82, 2.24) is 0 Å². The van der Waals surface area contributed by atoms with Crippen LogP contribution in [0.1, 0.15) is 29.3 Å². The Morgan fingerprint density at radius 2 is 1.86 bits per heavy atom. The average Bonchev–Trinajstić information content (AvgIpc) is 2.91. The van der Waals surface area contributed by atoms with Crippen molar-refractivity contribution in [3.63, 3.8) is 0 Å². The van der Waals surface area contributed by atoms with E-state index in [0.717, 1.165) is 0 Å². The van der Waals surface area contributed by atoms with Crippen molar-refractivity contribution < 1.29 is 27.1 Å². The van der Waals surface area contributed by atoms with E-state index in [1.165, 1.54) is 19.2 Å². The first kappa shape index (κ1) is 15.0. The number of anilines is 1. The summed E-state index contributed by atoms with van der Waals surface area (Å²) in [5.41, 5.74) is -0.472. The first-order valence-electron chi connectivity index (χ1n) is 6.01. The summed E-state index contributed by atoms with van der Waals surface area (Å²) >= 11 is 0. The molecule has 0 aliphatic heterocycles. The van der Waals surface area contributed by atoms with Gasteiger partial charge in [-0.2, -0.15) is 0 Å². The number of rotatable bonds is 4. The Hall–Kier alpha value is -2.44. The van der Waals surface area contributed by atoms with Crippen molar-refractivity contribution in [2.45, 2.75) is 13.0 Å². The molecule has 7 heteroatoms. The molecule has 1 unspecified atom stereocenters. The molecule has 2 aromatic rings. The van der Waals surface area contributed by atoms with Gasteiger partial charge in [0.25, 0.3) is 0 Å². The predicted octanol–water partition coefficient (Wildman–Crippen LogP) is 3.66. The molecule has 1 atom stereocenters. The van der Waals surface area contributed by atoms with Gasteiger partial charge in [-0.15, -0.1) is 0 Å². The summed E-state index contributed by atoms with van der Waals surface area (Å²) in [6, 6.07) is 3.36. The molecule has 112 valence electrons. The van der Waals surface area contributed by atoms with Crippen molar-refractivity contribution in [2.75, 3.05) is 12.4 Å². The van der Waals surface area contributed by atoms with E-state index in [1.54, 1.807) is 6.92 Å². The van der Waals surface area contributed by atoms with Gasteiger partial charge in [-0.05, 0) is 19.1 Å². The fourth-order valence-electron chi connectivity index (χ4n) is 1.76. The van der Waals surface area contributed by atoms with Gasteiger partial charge in [0.15, 0.2) is 11.6 Å². The zero-order chi connectivity index (χ0) is 15.6. The SMILES string of the molecule is COC(=O)c1ccc(C(C)Nc2c(F)cc(F)cc2F)o1. The van der Waals surface area contributed by atoms with Gasteiger partial charge in [-0.3, -0.25) is 0 Å².